The van der Waals surface area contributed by atoms with Gasteiger partial charge in [0, 0.05) is 11.3 Å². The number of Topliss-reactive ketones (excluding diaryl/α,β-unsaturated/α-hetero) is 1. The lowest BCUT2D eigenvalue weighted by Gasteiger charge is -2.23. The van der Waals surface area contributed by atoms with E-state index in [9.17, 15) is 4.79 Å². The fraction of sp³-hybridized carbons (Fsp3) is 0.263. The van der Waals surface area contributed by atoms with Gasteiger partial charge in [-0.25, -0.2) is 4.98 Å². The van der Waals surface area contributed by atoms with E-state index in [0.29, 0.717) is 19.0 Å². The third-order valence-corrected chi connectivity index (χ3v) is 4.46. The van der Waals surface area contributed by atoms with Gasteiger partial charge in [-0.3, -0.25) is 4.79 Å². The van der Waals surface area contributed by atoms with Crippen LogP contribution in [0, 0.1) is 0 Å². The van der Waals surface area contributed by atoms with Crippen molar-refractivity contribution in [3.63, 3.8) is 0 Å². The fourth-order valence-corrected chi connectivity index (χ4v) is 3.12. The first kappa shape index (κ1) is 14.9. The molecule has 2 aromatic carbocycles. The first-order chi connectivity index (χ1) is 11.6. The first-order valence-corrected chi connectivity index (χ1v) is 8.06. The summed E-state index contributed by atoms with van der Waals surface area (Å²) in [6.45, 7) is 4.70. The highest BCUT2D eigenvalue weighted by Crippen LogP contribution is 2.28. The number of carbonyl (C=O) groups excluding carboxylic acids is 1. The molecule has 24 heavy (non-hydrogen) atoms. The van der Waals surface area contributed by atoms with Crippen LogP contribution in [0.15, 0.2) is 48.5 Å². The molecule has 1 unspecified atom stereocenters. The number of nitrogens with zero attached hydrogens (tertiary/aromatic N) is 3. The third-order valence-electron chi connectivity index (χ3n) is 4.46. The summed E-state index contributed by atoms with van der Waals surface area (Å²) in [5, 5.41) is 0. The van der Waals surface area contributed by atoms with E-state index in [4.69, 9.17) is 9.72 Å². The van der Waals surface area contributed by atoms with Crippen LogP contribution >= 0.6 is 0 Å². The van der Waals surface area contributed by atoms with E-state index in [1.807, 2.05) is 49.4 Å². The van der Waals surface area contributed by atoms with Gasteiger partial charge in [-0.2, -0.15) is 0 Å². The molecule has 0 bridgehead atoms. The summed E-state index contributed by atoms with van der Waals surface area (Å²) in [5.74, 6) is 0.996. The lowest BCUT2D eigenvalue weighted by molar-refractivity contribution is 0.0677. The molecule has 2 heterocycles. The Hall–Kier alpha value is -2.66. The molecule has 1 aliphatic heterocycles. The van der Waals surface area contributed by atoms with Gasteiger partial charge in [0.1, 0.15) is 18.7 Å². The van der Waals surface area contributed by atoms with Gasteiger partial charge in [0.2, 0.25) is 0 Å². The quantitative estimate of drug-likeness (QED) is 0.674. The van der Waals surface area contributed by atoms with Crippen LogP contribution < -0.4 is 4.90 Å². The molecule has 0 fully saturated rings. The first-order valence-electron chi connectivity index (χ1n) is 8.06. The molecule has 5 nitrogen and oxygen atoms in total. The summed E-state index contributed by atoms with van der Waals surface area (Å²) >= 11 is 0. The Labute approximate surface area is 140 Å². The predicted molar refractivity (Wildman–Crippen MR) is 93.0 cm³/mol. The van der Waals surface area contributed by atoms with Crippen LogP contribution in [0.4, 0.5) is 5.69 Å². The zero-order valence-corrected chi connectivity index (χ0v) is 13.8. The van der Waals surface area contributed by atoms with E-state index < -0.39 is 0 Å². The molecule has 0 radical (unpaired) electrons. The Bertz CT molecular complexity index is 916. The highest BCUT2D eigenvalue weighted by molar-refractivity contribution is 5.95. The zero-order valence-electron chi connectivity index (χ0n) is 13.8. The molecule has 4 rings (SSSR count). The predicted octanol–water partition coefficient (Wildman–Crippen LogP) is 3.75. The minimum atomic E-state index is -0.0848. The molecule has 5 heteroatoms. The molecular formula is C19H19N3O2. The minimum absolute atomic E-state index is 0.0646. The minimum Gasteiger partial charge on any atom is -0.350 e. The number of imidazole rings is 1. The molecule has 1 aliphatic rings. The van der Waals surface area contributed by atoms with Crippen molar-refractivity contribution in [1.29, 1.82) is 0 Å². The molecular weight excluding hydrogens is 302 g/mol. The second-order valence-electron chi connectivity index (χ2n) is 6.11. The Kier molecular flexibility index (Phi) is 3.58. The van der Waals surface area contributed by atoms with Gasteiger partial charge in [0.25, 0.3) is 0 Å². The van der Waals surface area contributed by atoms with Gasteiger partial charge in [-0.1, -0.05) is 24.3 Å². The molecule has 0 spiro atoms. The summed E-state index contributed by atoms with van der Waals surface area (Å²) < 4.78 is 8.17. The van der Waals surface area contributed by atoms with Gasteiger partial charge < -0.3 is 14.2 Å². The molecule has 1 aromatic heterocycles. The van der Waals surface area contributed by atoms with Crippen molar-refractivity contribution in [2.45, 2.75) is 26.6 Å². The molecule has 0 amide bonds. The van der Waals surface area contributed by atoms with Crippen LogP contribution in [0.25, 0.3) is 11.0 Å². The van der Waals surface area contributed by atoms with Crippen LogP contribution in [0.1, 0.15) is 36.1 Å². The van der Waals surface area contributed by atoms with E-state index in [1.165, 1.54) is 0 Å². The number of rotatable bonds is 2. The van der Waals surface area contributed by atoms with E-state index in [-0.39, 0.29) is 11.9 Å². The second kappa shape index (κ2) is 5.76. The number of anilines is 1. The highest BCUT2D eigenvalue weighted by atomic mass is 16.5. The van der Waals surface area contributed by atoms with Gasteiger partial charge in [-0.15, -0.1) is 0 Å². The lowest BCUT2D eigenvalue weighted by Crippen LogP contribution is -2.26. The summed E-state index contributed by atoms with van der Waals surface area (Å²) in [4.78, 5) is 18.5. The Morgan fingerprint density at radius 2 is 2.04 bits per heavy atom. The van der Waals surface area contributed by atoms with E-state index in [2.05, 4.69) is 15.5 Å². The maximum absolute atomic E-state index is 11.7. The van der Waals surface area contributed by atoms with Gasteiger partial charge in [0.05, 0.1) is 17.7 Å². The van der Waals surface area contributed by atoms with Crippen LogP contribution in [0.3, 0.4) is 0 Å². The number of fused-ring (bicyclic) bond motifs is 3. The van der Waals surface area contributed by atoms with Gasteiger partial charge >= 0.3 is 0 Å². The second-order valence-corrected chi connectivity index (χ2v) is 6.11. The summed E-state index contributed by atoms with van der Waals surface area (Å²) in [7, 11) is 0. The monoisotopic (exact) mass is 321 g/mol. The number of carbonyl (C=O) groups is 1. The number of hydrogen-bond donors (Lipinski definition) is 0. The number of ketones is 1. The summed E-state index contributed by atoms with van der Waals surface area (Å²) in [6, 6.07) is 15.8. The molecule has 3 aromatic rings. The van der Waals surface area contributed by atoms with Crippen LogP contribution in [-0.4, -0.2) is 22.1 Å². The Morgan fingerprint density at radius 1 is 1.21 bits per heavy atom. The van der Waals surface area contributed by atoms with E-state index in [0.717, 1.165) is 22.5 Å². The number of benzene rings is 2. The smallest absolute Gasteiger partial charge is 0.159 e. The van der Waals surface area contributed by atoms with Crippen LogP contribution in [-0.2, 0) is 11.4 Å². The molecule has 0 saturated carbocycles. The average molecular weight is 321 g/mol. The average Bonchev–Trinajstić information content (AvgIpc) is 2.88. The zero-order chi connectivity index (χ0) is 16.7. The Balaban J connectivity index is 1.78. The molecule has 0 saturated heterocycles. The standard InChI is InChI=1S/C19H19N3O2/c1-13(23)15-6-5-7-16(10-15)21-11-22-18-9-4-3-8-17(18)20-19(22)14(2)24-12-21/h3-10,14H,11-12H2,1-2H3. The van der Waals surface area contributed by atoms with Crippen molar-refractivity contribution in [3.05, 3.63) is 59.9 Å². The number of ether oxygens (including phenoxy) is 1. The molecule has 0 aliphatic carbocycles. The van der Waals surface area contributed by atoms with Crippen LogP contribution in [0.2, 0.25) is 0 Å². The normalized spacial score (nSPS) is 17.6. The maximum Gasteiger partial charge on any atom is 0.159 e. The third kappa shape index (κ3) is 2.47. The molecule has 122 valence electrons. The molecule has 0 N–H and O–H groups in total. The maximum atomic E-state index is 11.7. The number of hydrogen-bond acceptors (Lipinski definition) is 4. The molecule has 1 atom stereocenters. The highest BCUT2D eigenvalue weighted by Gasteiger charge is 2.23. The summed E-state index contributed by atoms with van der Waals surface area (Å²) in [6.07, 6.45) is -0.0848. The van der Waals surface area contributed by atoms with Gasteiger partial charge in [-0.05, 0) is 38.1 Å². The number of para-hydroxylation sites is 2. The largest absolute Gasteiger partial charge is 0.350 e. The van der Waals surface area contributed by atoms with Crippen molar-refractivity contribution >= 4 is 22.5 Å². The van der Waals surface area contributed by atoms with Crippen molar-refractivity contribution in [3.8, 4) is 0 Å². The fourth-order valence-electron chi connectivity index (χ4n) is 3.12. The van der Waals surface area contributed by atoms with Crippen LogP contribution in [0.5, 0.6) is 0 Å². The van der Waals surface area contributed by atoms with Crippen molar-refractivity contribution in [1.82, 2.24) is 9.55 Å². The Morgan fingerprint density at radius 3 is 2.88 bits per heavy atom. The van der Waals surface area contributed by atoms with Crippen molar-refractivity contribution < 1.29 is 9.53 Å². The lowest BCUT2D eigenvalue weighted by atomic mass is 10.1. The SMILES string of the molecule is CC(=O)c1cccc(N2COC(C)c3nc4ccccc4n3C2)c1. The van der Waals surface area contributed by atoms with E-state index >= 15 is 0 Å². The van der Waals surface area contributed by atoms with Crippen molar-refractivity contribution in [2.24, 2.45) is 0 Å². The van der Waals surface area contributed by atoms with Crippen molar-refractivity contribution in [2.75, 3.05) is 11.6 Å². The van der Waals surface area contributed by atoms with Gasteiger partial charge in [0.15, 0.2) is 5.78 Å². The number of aromatic nitrogens is 2. The topological polar surface area (TPSA) is 47.4 Å². The van der Waals surface area contributed by atoms with E-state index in [1.54, 1.807) is 6.92 Å². The summed E-state index contributed by atoms with van der Waals surface area (Å²) in [5.41, 5.74) is 3.75.